The quantitative estimate of drug-likeness (QED) is 0.580. The third kappa shape index (κ3) is 1.66. The second kappa shape index (κ2) is 2.67. The summed E-state index contributed by atoms with van der Waals surface area (Å²) in [6.45, 7) is 1.07. The van der Waals surface area contributed by atoms with Crippen molar-refractivity contribution in [1.82, 2.24) is 5.32 Å². The van der Waals surface area contributed by atoms with Gasteiger partial charge < -0.3 is 11.1 Å². The van der Waals surface area contributed by atoms with Gasteiger partial charge in [0.05, 0.1) is 0 Å². The first kappa shape index (κ1) is 7.03. The van der Waals surface area contributed by atoms with Crippen LogP contribution in [-0.4, -0.2) is 19.1 Å². The molecule has 0 spiro atoms. The molecule has 9 heavy (non-hydrogen) atoms. The van der Waals surface area contributed by atoms with Gasteiger partial charge in [-0.05, 0) is 39.3 Å². The molecule has 1 saturated carbocycles. The molecule has 0 atom stereocenters. The van der Waals surface area contributed by atoms with Crippen LogP contribution in [0.3, 0.4) is 0 Å². The van der Waals surface area contributed by atoms with Gasteiger partial charge in [-0.2, -0.15) is 0 Å². The van der Waals surface area contributed by atoms with Crippen molar-refractivity contribution in [3.8, 4) is 0 Å². The molecule has 54 valence electrons. The number of nitrogens with one attached hydrogen (secondary N) is 1. The lowest BCUT2D eigenvalue weighted by molar-refractivity contribution is 0.231. The molecule has 2 heteroatoms. The molecule has 0 radical (unpaired) electrons. The maximum Gasteiger partial charge on any atom is 0.0166 e. The van der Waals surface area contributed by atoms with Gasteiger partial charge in [-0.15, -0.1) is 0 Å². The fourth-order valence-electron chi connectivity index (χ4n) is 1.25. The van der Waals surface area contributed by atoms with Crippen LogP contribution >= 0.6 is 0 Å². The van der Waals surface area contributed by atoms with Crippen LogP contribution in [0.25, 0.3) is 0 Å². The highest BCUT2D eigenvalue weighted by molar-refractivity contribution is 4.92. The first-order valence-electron chi connectivity index (χ1n) is 3.70. The van der Waals surface area contributed by atoms with Crippen molar-refractivity contribution in [1.29, 1.82) is 0 Å². The van der Waals surface area contributed by atoms with E-state index in [0.29, 0.717) is 0 Å². The fourth-order valence-corrected chi connectivity index (χ4v) is 1.25. The summed E-state index contributed by atoms with van der Waals surface area (Å²) in [5, 5.41) is 3.11. The van der Waals surface area contributed by atoms with Crippen LogP contribution in [0.5, 0.6) is 0 Å². The molecule has 1 fully saturated rings. The molecular formula is C7H16N2. The molecule has 0 amide bonds. The molecule has 0 aromatic rings. The largest absolute Gasteiger partial charge is 0.325 e. The Bertz CT molecular complexity index is 86.9. The van der Waals surface area contributed by atoms with Crippen LogP contribution in [0.2, 0.25) is 0 Å². The maximum absolute atomic E-state index is 5.95. The summed E-state index contributed by atoms with van der Waals surface area (Å²) >= 11 is 0. The van der Waals surface area contributed by atoms with Crippen molar-refractivity contribution in [3.63, 3.8) is 0 Å². The average Bonchev–Trinajstić information content (AvgIpc) is 1.79. The zero-order valence-corrected chi connectivity index (χ0v) is 6.11. The second-order valence-corrected chi connectivity index (χ2v) is 3.07. The molecular weight excluding hydrogens is 112 g/mol. The third-order valence-corrected chi connectivity index (χ3v) is 2.22. The number of hydrogen-bond donors (Lipinski definition) is 2. The normalized spacial score (nSPS) is 23.3. The Hall–Kier alpha value is -0.0800. The van der Waals surface area contributed by atoms with Gasteiger partial charge in [0.25, 0.3) is 0 Å². The summed E-state index contributed by atoms with van der Waals surface area (Å²) in [5.41, 5.74) is 6.16. The number of hydrogen-bond acceptors (Lipinski definition) is 2. The van der Waals surface area contributed by atoms with Crippen molar-refractivity contribution in [2.45, 2.75) is 31.2 Å². The minimum Gasteiger partial charge on any atom is -0.325 e. The predicted molar refractivity (Wildman–Crippen MR) is 39.3 cm³/mol. The summed E-state index contributed by atoms with van der Waals surface area (Å²) in [7, 11) is 1.97. The lowest BCUT2D eigenvalue weighted by atomic mass is 9.75. The molecule has 0 unspecified atom stereocenters. The molecule has 0 bridgehead atoms. The molecule has 1 aliphatic rings. The van der Waals surface area contributed by atoms with Crippen molar-refractivity contribution < 1.29 is 0 Å². The molecule has 2 nitrogen and oxygen atoms in total. The van der Waals surface area contributed by atoms with E-state index >= 15 is 0 Å². The highest BCUT2D eigenvalue weighted by atomic mass is 14.8. The van der Waals surface area contributed by atoms with Crippen LogP contribution in [0.1, 0.15) is 25.7 Å². The van der Waals surface area contributed by atoms with Crippen LogP contribution < -0.4 is 11.1 Å². The molecule has 0 saturated heterocycles. The van der Waals surface area contributed by atoms with Crippen LogP contribution in [0, 0.1) is 0 Å². The molecule has 3 N–H and O–H groups in total. The van der Waals surface area contributed by atoms with Crippen molar-refractivity contribution in [2.24, 2.45) is 5.73 Å². The van der Waals surface area contributed by atoms with Gasteiger partial charge in [-0.1, -0.05) is 0 Å². The van der Waals surface area contributed by atoms with E-state index in [1.54, 1.807) is 0 Å². The number of nitrogens with two attached hydrogens (primary N) is 1. The Balaban J connectivity index is 2.09. The Morgan fingerprint density at radius 2 is 2.22 bits per heavy atom. The van der Waals surface area contributed by atoms with E-state index in [9.17, 15) is 0 Å². The van der Waals surface area contributed by atoms with Crippen molar-refractivity contribution in [3.05, 3.63) is 0 Å². The summed E-state index contributed by atoms with van der Waals surface area (Å²) < 4.78 is 0. The van der Waals surface area contributed by atoms with Gasteiger partial charge in [-0.25, -0.2) is 0 Å². The minimum absolute atomic E-state index is 0.211. The van der Waals surface area contributed by atoms with Crippen LogP contribution in [0.15, 0.2) is 0 Å². The maximum atomic E-state index is 5.95. The Labute approximate surface area is 56.8 Å². The van der Waals surface area contributed by atoms with Gasteiger partial charge in [0, 0.05) is 5.54 Å². The van der Waals surface area contributed by atoms with Crippen molar-refractivity contribution in [2.75, 3.05) is 13.6 Å². The summed E-state index contributed by atoms with van der Waals surface area (Å²) in [4.78, 5) is 0. The zero-order valence-electron chi connectivity index (χ0n) is 6.11. The van der Waals surface area contributed by atoms with Crippen molar-refractivity contribution >= 4 is 0 Å². The van der Waals surface area contributed by atoms with E-state index < -0.39 is 0 Å². The monoisotopic (exact) mass is 128 g/mol. The Morgan fingerprint density at radius 1 is 1.56 bits per heavy atom. The molecule has 0 aromatic heterocycles. The topological polar surface area (TPSA) is 38.0 Å². The first-order valence-corrected chi connectivity index (χ1v) is 3.70. The van der Waals surface area contributed by atoms with Crippen LogP contribution in [0.4, 0.5) is 0 Å². The highest BCUT2D eigenvalue weighted by Gasteiger charge is 2.31. The Kier molecular flexibility index (Phi) is 2.09. The van der Waals surface area contributed by atoms with Gasteiger partial charge in [0.15, 0.2) is 0 Å². The fraction of sp³-hybridized carbons (Fsp3) is 1.00. The van der Waals surface area contributed by atoms with Gasteiger partial charge in [0.1, 0.15) is 0 Å². The number of rotatable bonds is 3. The lowest BCUT2D eigenvalue weighted by Gasteiger charge is -2.38. The summed E-state index contributed by atoms with van der Waals surface area (Å²) in [6.07, 6.45) is 4.94. The molecule has 0 heterocycles. The SMILES string of the molecule is CNCCC1(N)CCC1. The summed E-state index contributed by atoms with van der Waals surface area (Å²) in [6, 6.07) is 0. The van der Waals surface area contributed by atoms with E-state index in [1.807, 2.05) is 7.05 Å². The first-order chi connectivity index (χ1) is 4.27. The highest BCUT2D eigenvalue weighted by Crippen LogP contribution is 2.31. The smallest absolute Gasteiger partial charge is 0.0166 e. The standard InChI is InChI=1S/C7H16N2/c1-9-6-5-7(8)3-2-4-7/h9H,2-6,8H2,1H3. The van der Waals surface area contributed by atoms with Crippen LogP contribution in [-0.2, 0) is 0 Å². The van der Waals surface area contributed by atoms with E-state index in [0.717, 1.165) is 13.0 Å². The predicted octanol–water partition coefficient (Wildman–Crippen LogP) is 0.477. The van der Waals surface area contributed by atoms with Gasteiger partial charge in [0.2, 0.25) is 0 Å². The van der Waals surface area contributed by atoms with Gasteiger partial charge >= 0.3 is 0 Å². The van der Waals surface area contributed by atoms with E-state index in [2.05, 4.69) is 5.32 Å². The molecule has 1 aliphatic carbocycles. The molecule has 0 aliphatic heterocycles. The third-order valence-electron chi connectivity index (χ3n) is 2.22. The van der Waals surface area contributed by atoms with E-state index in [1.165, 1.54) is 19.3 Å². The average molecular weight is 128 g/mol. The van der Waals surface area contributed by atoms with E-state index in [-0.39, 0.29) is 5.54 Å². The zero-order chi connectivity index (χ0) is 6.74. The Morgan fingerprint density at radius 3 is 2.56 bits per heavy atom. The van der Waals surface area contributed by atoms with Gasteiger partial charge in [-0.3, -0.25) is 0 Å². The minimum atomic E-state index is 0.211. The molecule has 1 rings (SSSR count). The lowest BCUT2D eigenvalue weighted by Crippen LogP contribution is -2.48. The summed E-state index contributed by atoms with van der Waals surface area (Å²) in [5.74, 6) is 0. The molecule has 0 aromatic carbocycles. The second-order valence-electron chi connectivity index (χ2n) is 3.07. The van der Waals surface area contributed by atoms with E-state index in [4.69, 9.17) is 5.73 Å².